The number of ether oxygens (including phenoxy) is 2. The molecular weight excluding hydrogens is 384 g/mol. The zero-order valence-corrected chi connectivity index (χ0v) is 17.7. The molecule has 164 valence electrons. The van der Waals surface area contributed by atoms with E-state index >= 15 is 0 Å². The molecule has 2 aliphatic rings. The van der Waals surface area contributed by atoms with Crippen molar-refractivity contribution < 1.29 is 24.2 Å². The molecule has 1 aliphatic carbocycles. The molecule has 1 aliphatic heterocycles. The molecule has 0 aromatic heterocycles. The first-order valence-electron chi connectivity index (χ1n) is 10.7. The van der Waals surface area contributed by atoms with Gasteiger partial charge in [-0.05, 0) is 30.0 Å². The van der Waals surface area contributed by atoms with Gasteiger partial charge < -0.3 is 14.6 Å². The standard InChI is InChI=1S/C23H32N2O5/c1-29-22(27)8-3-2-4-15-30-17-24-11-13-25(14-12-24)23(28)19-9-10-20-18(16-19)6-5-7-21(20)26/h5-6,9-10,16,23,28H,2-4,7-8,11-15,17H2,1H3. The number of ketones is 1. The predicted molar refractivity (Wildman–Crippen MR) is 114 cm³/mol. The first kappa shape index (κ1) is 22.6. The molecule has 1 atom stereocenters. The summed E-state index contributed by atoms with van der Waals surface area (Å²) in [5.41, 5.74) is 2.45. The van der Waals surface area contributed by atoms with Crippen LogP contribution in [0, 0.1) is 0 Å². The van der Waals surface area contributed by atoms with Gasteiger partial charge in [0.2, 0.25) is 0 Å². The molecule has 0 spiro atoms. The molecule has 0 bridgehead atoms. The fourth-order valence-corrected chi connectivity index (χ4v) is 3.83. The van der Waals surface area contributed by atoms with Gasteiger partial charge in [0.25, 0.3) is 0 Å². The number of nitrogens with zero attached hydrogens (tertiary/aromatic N) is 2. The first-order valence-corrected chi connectivity index (χ1v) is 10.7. The summed E-state index contributed by atoms with van der Waals surface area (Å²) in [6.45, 7) is 4.47. The van der Waals surface area contributed by atoms with Crippen LogP contribution >= 0.6 is 0 Å². The van der Waals surface area contributed by atoms with E-state index in [2.05, 4.69) is 14.5 Å². The van der Waals surface area contributed by atoms with Gasteiger partial charge in [0.1, 0.15) is 6.23 Å². The number of esters is 1. The zero-order chi connectivity index (χ0) is 21.3. The average Bonchev–Trinajstić information content (AvgIpc) is 2.78. The van der Waals surface area contributed by atoms with Gasteiger partial charge >= 0.3 is 5.97 Å². The van der Waals surface area contributed by atoms with Crippen molar-refractivity contribution in [1.82, 2.24) is 9.80 Å². The molecule has 1 saturated heterocycles. The summed E-state index contributed by atoms with van der Waals surface area (Å²) in [7, 11) is 1.41. The molecule has 1 unspecified atom stereocenters. The van der Waals surface area contributed by atoms with E-state index in [-0.39, 0.29) is 11.8 Å². The lowest BCUT2D eigenvalue weighted by Gasteiger charge is -2.37. The third kappa shape index (κ3) is 6.22. The molecular formula is C23H32N2O5. The Morgan fingerprint density at radius 3 is 2.73 bits per heavy atom. The quantitative estimate of drug-likeness (QED) is 0.464. The number of aliphatic hydroxyl groups excluding tert-OH is 1. The van der Waals surface area contributed by atoms with Crippen molar-refractivity contribution in [3.05, 3.63) is 41.0 Å². The maximum Gasteiger partial charge on any atom is 0.305 e. The maximum atomic E-state index is 11.9. The van der Waals surface area contributed by atoms with Crippen LogP contribution in [0.1, 0.15) is 59.8 Å². The number of fused-ring (bicyclic) bond motifs is 1. The number of Topliss-reactive ketones (excluding diaryl/α,β-unsaturated/α-hetero) is 1. The summed E-state index contributed by atoms with van der Waals surface area (Å²) in [6.07, 6.45) is 6.81. The largest absolute Gasteiger partial charge is 0.469 e. The van der Waals surface area contributed by atoms with Gasteiger partial charge in [-0.25, -0.2) is 0 Å². The normalized spacial score (nSPS) is 18.3. The second-order valence-electron chi connectivity index (χ2n) is 7.83. The number of carbonyl (C=O) groups is 2. The maximum absolute atomic E-state index is 11.9. The van der Waals surface area contributed by atoms with Gasteiger partial charge in [-0.15, -0.1) is 0 Å². The summed E-state index contributed by atoms with van der Waals surface area (Å²) in [6, 6.07) is 5.61. The van der Waals surface area contributed by atoms with Crippen LogP contribution in [0.15, 0.2) is 24.3 Å². The molecule has 7 heteroatoms. The van der Waals surface area contributed by atoms with E-state index in [4.69, 9.17) is 4.74 Å². The summed E-state index contributed by atoms with van der Waals surface area (Å²) >= 11 is 0. The molecule has 1 heterocycles. The summed E-state index contributed by atoms with van der Waals surface area (Å²) < 4.78 is 10.4. The van der Waals surface area contributed by atoms with Crippen molar-refractivity contribution in [2.75, 3.05) is 46.6 Å². The Bertz CT molecular complexity index is 756. The Kier molecular flexibility index (Phi) is 8.57. The molecule has 0 radical (unpaired) electrons. The fraction of sp³-hybridized carbons (Fsp3) is 0.565. The van der Waals surface area contributed by atoms with Gasteiger partial charge in [0.05, 0.1) is 13.8 Å². The Morgan fingerprint density at radius 2 is 1.97 bits per heavy atom. The van der Waals surface area contributed by atoms with Gasteiger partial charge in [-0.1, -0.05) is 30.7 Å². The molecule has 1 aromatic rings. The zero-order valence-electron chi connectivity index (χ0n) is 17.7. The smallest absolute Gasteiger partial charge is 0.305 e. The first-order chi connectivity index (χ1) is 14.6. The number of rotatable bonds is 10. The highest BCUT2D eigenvalue weighted by Crippen LogP contribution is 2.26. The minimum absolute atomic E-state index is 0.130. The Balaban J connectivity index is 1.35. The van der Waals surface area contributed by atoms with Crippen LogP contribution in [0.5, 0.6) is 0 Å². The summed E-state index contributed by atoms with van der Waals surface area (Å²) in [5, 5.41) is 10.8. The number of piperazine rings is 1. The van der Waals surface area contributed by atoms with Crippen molar-refractivity contribution in [3.8, 4) is 0 Å². The molecule has 1 aromatic carbocycles. The van der Waals surface area contributed by atoms with E-state index in [0.29, 0.717) is 26.2 Å². The molecule has 7 nitrogen and oxygen atoms in total. The fourth-order valence-electron chi connectivity index (χ4n) is 3.83. The third-order valence-corrected chi connectivity index (χ3v) is 5.70. The topological polar surface area (TPSA) is 79.3 Å². The van der Waals surface area contributed by atoms with Crippen LogP contribution in [0.25, 0.3) is 6.08 Å². The SMILES string of the molecule is COC(=O)CCCCCOCN1CCN(C(O)c2ccc3c(c2)C=CCC3=O)CC1. The van der Waals surface area contributed by atoms with Gasteiger partial charge in [0.15, 0.2) is 5.78 Å². The van der Waals surface area contributed by atoms with Gasteiger partial charge in [-0.3, -0.25) is 19.4 Å². The number of carbonyl (C=O) groups excluding carboxylic acids is 2. The van der Waals surface area contributed by atoms with Crippen molar-refractivity contribution in [2.45, 2.75) is 38.3 Å². The lowest BCUT2D eigenvalue weighted by molar-refractivity contribution is -0.140. The highest BCUT2D eigenvalue weighted by Gasteiger charge is 2.24. The second kappa shape index (κ2) is 11.4. The van der Waals surface area contributed by atoms with E-state index in [1.165, 1.54) is 7.11 Å². The molecule has 3 rings (SSSR count). The molecule has 0 amide bonds. The Labute approximate surface area is 178 Å². The highest BCUT2D eigenvalue weighted by molar-refractivity contribution is 6.02. The van der Waals surface area contributed by atoms with Crippen molar-refractivity contribution >= 4 is 17.8 Å². The van der Waals surface area contributed by atoms with Crippen LogP contribution in [0.2, 0.25) is 0 Å². The Hall–Kier alpha value is -2.06. The Morgan fingerprint density at radius 1 is 1.17 bits per heavy atom. The van der Waals surface area contributed by atoms with E-state index in [9.17, 15) is 14.7 Å². The number of benzene rings is 1. The number of allylic oxidation sites excluding steroid dienone is 1. The lowest BCUT2D eigenvalue weighted by Crippen LogP contribution is -2.48. The molecule has 30 heavy (non-hydrogen) atoms. The van der Waals surface area contributed by atoms with Crippen LogP contribution in [-0.2, 0) is 14.3 Å². The highest BCUT2D eigenvalue weighted by atomic mass is 16.5. The van der Waals surface area contributed by atoms with E-state index in [0.717, 1.165) is 62.1 Å². The number of aliphatic hydroxyl groups is 1. The van der Waals surface area contributed by atoms with Crippen LogP contribution in [-0.4, -0.2) is 73.3 Å². The average molecular weight is 417 g/mol. The van der Waals surface area contributed by atoms with Gasteiger partial charge in [0, 0.05) is 51.2 Å². The number of hydrogen-bond donors (Lipinski definition) is 1. The van der Waals surface area contributed by atoms with E-state index in [1.807, 2.05) is 30.4 Å². The number of unbranched alkanes of at least 4 members (excludes halogenated alkanes) is 2. The minimum atomic E-state index is -0.668. The van der Waals surface area contributed by atoms with Crippen molar-refractivity contribution in [3.63, 3.8) is 0 Å². The summed E-state index contributed by atoms with van der Waals surface area (Å²) in [4.78, 5) is 27.3. The molecule has 1 fully saturated rings. The lowest BCUT2D eigenvalue weighted by atomic mass is 9.94. The van der Waals surface area contributed by atoms with Crippen molar-refractivity contribution in [2.24, 2.45) is 0 Å². The molecule has 1 N–H and O–H groups in total. The van der Waals surface area contributed by atoms with E-state index < -0.39 is 6.23 Å². The van der Waals surface area contributed by atoms with Crippen LogP contribution < -0.4 is 0 Å². The molecule has 0 saturated carbocycles. The van der Waals surface area contributed by atoms with Crippen molar-refractivity contribution in [1.29, 1.82) is 0 Å². The summed E-state index contributed by atoms with van der Waals surface area (Å²) in [5.74, 6) is -0.0260. The van der Waals surface area contributed by atoms with Crippen LogP contribution in [0.3, 0.4) is 0 Å². The monoisotopic (exact) mass is 416 g/mol. The van der Waals surface area contributed by atoms with Crippen LogP contribution in [0.4, 0.5) is 0 Å². The van der Waals surface area contributed by atoms with Gasteiger partial charge in [-0.2, -0.15) is 0 Å². The minimum Gasteiger partial charge on any atom is -0.469 e. The number of hydrogen-bond acceptors (Lipinski definition) is 7. The second-order valence-corrected chi connectivity index (χ2v) is 7.83. The predicted octanol–water partition coefficient (Wildman–Crippen LogP) is 2.60. The number of methoxy groups -OCH3 is 1. The van der Waals surface area contributed by atoms with E-state index in [1.54, 1.807) is 0 Å². The third-order valence-electron chi connectivity index (χ3n) is 5.70.